The Balaban J connectivity index is 1.99. The highest BCUT2D eigenvalue weighted by atomic mass is 16.5. The third-order valence-corrected chi connectivity index (χ3v) is 4.28. The number of esters is 1. The summed E-state index contributed by atoms with van der Waals surface area (Å²) in [6.45, 7) is 4.59. The molecular weight excluding hydrogens is 302 g/mol. The van der Waals surface area contributed by atoms with Gasteiger partial charge in [0.05, 0.1) is 19.1 Å². The van der Waals surface area contributed by atoms with E-state index in [4.69, 9.17) is 4.74 Å². The van der Waals surface area contributed by atoms with Gasteiger partial charge in [0.25, 0.3) is 0 Å². The van der Waals surface area contributed by atoms with Gasteiger partial charge >= 0.3 is 5.97 Å². The quantitative estimate of drug-likeness (QED) is 0.808. The second-order valence-electron chi connectivity index (χ2n) is 6.04. The predicted molar refractivity (Wildman–Crippen MR) is 92.8 cm³/mol. The van der Waals surface area contributed by atoms with E-state index in [2.05, 4.69) is 0 Å². The number of carbonyl (C=O) groups is 2. The van der Waals surface area contributed by atoms with Gasteiger partial charge in [-0.05, 0) is 31.0 Å². The van der Waals surface area contributed by atoms with Crippen LogP contribution in [0.3, 0.4) is 0 Å². The van der Waals surface area contributed by atoms with Crippen molar-refractivity contribution in [2.24, 2.45) is 0 Å². The number of benzene rings is 2. The topological polar surface area (TPSA) is 46.6 Å². The fraction of sp³-hybridized carbons (Fsp3) is 0.300. The average Bonchev–Trinajstić information content (AvgIpc) is 2.58. The van der Waals surface area contributed by atoms with Gasteiger partial charge in [-0.3, -0.25) is 9.59 Å². The van der Waals surface area contributed by atoms with Gasteiger partial charge in [0, 0.05) is 12.1 Å². The lowest BCUT2D eigenvalue weighted by Crippen LogP contribution is -2.38. The second-order valence-corrected chi connectivity index (χ2v) is 6.04. The minimum absolute atomic E-state index is 0.0479. The number of aryl methyl sites for hydroxylation is 1. The van der Waals surface area contributed by atoms with E-state index < -0.39 is 5.92 Å². The maximum atomic E-state index is 12.7. The molecule has 0 N–H and O–H groups in total. The molecule has 4 nitrogen and oxygen atoms in total. The number of anilines is 1. The number of rotatable bonds is 4. The van der Waals surface area contributed by atoms with Crippen LogP contribution in [0.4, 0.5) is 5.69 Å². The minimum atomic E-state index is -0.514. The Kier molecular flexibility index (Phi) is 4.65. The van der Waals surface area contributed by atoms with E-state index in [9.17, 15) is 9.59 Å². The van der Waals surface area contributed by atoms with Crippen LogP contribution in [0.15, 0.2) is 48.5 Å². The molecule has 1 amide bonds. The minimum Gasteiger partial charge on any atom is -0.466 e. The molecule has 0 saturated heterocycles. The smallest absolute Gasteiger partial charge is 0.314 e. The van der Waals surface area contributed by atoms with Crippen molar-refractivity contribution >= 4 is 17.6 Å². The molecule has 4 heteroatoms. The molecule has 1 atom stereocenters. The third kappa shape index (κ3) is 3.18. The van der Waals surface area contributed by atoms with Gasteiger partial charge in [-0.25, -0.2) is 0 Å². The summed E-state index contributed by atoms with van der Waals surface area (Å²) in [7, 11) is 0. The highest BCUT2D eigenvalue weighted by Gasteiger charge is 2.36. The normalized spacial score (nSPS) is 16.7. The lowest BCUT2D eigenvalue weighted by Gasteiger charge is -2.33. The van der Waals surface area contributed by atoms with Gasteiger partial charge in [-0.2, -0.15) is 0 Å². The van der Waals surface area contributed by atoms with Crippen LogP contribution in [0.5, 0.6) is 0 Å². The first-order valence-corrected chi connectivity index (χ1v) is 8.21. The van der Waals surface area contributed by atoms with E-state index in [0.29, 0.717) is 13.2 Å². The van der Waals surface area contributed by atoms with Gasteiger partial charge in [0.2, 0.25) is 5.91 Å². The summed E-state index contributed by atoms with van der Waals surface area (Å²) in [5.41, 5.74) is 3.81. The molecule has 2 aromatic rings. The molecule has 1 heterocycles. The maximum Gasteiger partial charge on any atom is 0.314 e. The van der Waals surface area contributed by atoms with Crippen molar-refractivity contribution in [2.75, 3.05) is 11.5 Å². The van der Waals surface area contributed by atoms with Crippen molar-refractivity contribution in [1.82, 2.24) is 0 Å². The van der Waals surface area contributed by atoms with Crippen molar-refractivity contribution in [1.29, 1.82) is 0 Å². The Labute approximate surface area is 142 Å². The summed E-state index contributed by atoms with van der Waals surface area (Å²) in [6, 6.07) is 15.8. The number of nitrogens with zero attached hydrogens (tertiary/aromatic N) is 1. The Morgan fingerprint density at radius 3 is 2.67 bits per heavy atom. The van der Waals surface area contributed by atoms with Crippen LogP contribution in [0.25, 0.3) is 0 Å². The van der Waals surface area contributed by atoms with E-state index in [0.717, 1.165) is 22.4 Å². The summed E-state index contributed by atoms with van der Waals surface area (Å²) in [5.74, 6) is -0.885. The molecule has 0 radical (unpaired) electrons. The van der Waals surface area contributed by atoms with Gasteiger partial charge in [-0.15, -0.1) is 0 Å². The number of fused-ring (bicyclic) bond motifs is 1. The molecule has 0 aromatic heterocycles. The van der Waals surface area contributed by atoms with Crippen molar-refractivity contribution in [3.63, 3.8) is 0 Å². The van der Waals surface area contributed by atoms with Gasteiger partial charge in [0.15, 0.2) is 0 Å². The van der Waals surface area contributed by atoms with E-state index >= 15 is 0 Å². The zero-order valence-corrected chi connectivity index (χ0v) is 14.0. The molecule has 0 unspecified atom stereocenters. The molecule has 24 heavy (non-hydrogen) atoms. The second kappa shape index (κ2) is 6.87. The van der Waals surface area contributed by atoms with E-state index in [1.807, 2.05) is 55.5 Å². The summed E-state index contributed by atoms with van der Waals surface area (Å²) < 4.78 is 5.17. The fourth-order valence-corrected chi connectivity index (χ4v) is 3.12. The van der Waals surface area contributed by atoms with Crippen LogP contribution in [0, 0.1) is 6.92 Å². The largest absolute Gasteiger partial charge is 0.466 e. The summed E-state index contributed by atoms with van der Waals surface area (Å²) in [4.78, 5) is 26.7. The van der Waals surface area contributed by atoms with Crippen molar-refractivity contribution in [3.8, 4) is 0 Å². The van der Waals surface area contributed by atoms with Crippen LogP contribution in [0.1, 0.15) is 36.0 Å². The number of hydrogen-bond acceptors (Lipinski definition) is 3. The van der Waals surface area contributed by atoms with Crippen LogP contribution in [-0.2, 0) is 20.9 Å². The molecule has 0 bridgehead atoms. The first-order chi connectivity index (χ1) is 11.6. The lowest BCUT2D eigenvalue weighted by atomic mass is 9.88. The molecule has 2 aromatic carbocycles. The van der Waals surface area contributed by atoms with Crippen molar-refractivity contribution in [2.45, 2.75) is 32.7 Å². The number of hydrogen-bond donors (Lipinski definition) is 0. The Morgan fingerprint density at radius 2 is 1.96 bits per heavy atom. The zero-order valence-electron chi connectivity index (χ0n) is 14.0. The Bertz CT molecular complexity index is 755. The predicted octanol–water partition coefficient (Wildman–Crippen LogP) is 3.58. The fourth-order valence-electron chi connectivity index (χ4n) is 3.12. The van der Waals surface area contributed by atoms with Crippen LogP contribution < -0.4 is 4.90 Å². The monoisotopic (exact) mass is 323 g/mol. The van der Waals surface area contributed by atoms with Crippen LogP contribution in [0.2, 0.25) is 0 Å². The molecule has 1 aliphatic heterocycles. The molecule has 0 spiro atoms. The first kappa shape index (κ1) is 16.2. The van der Waals surface area contributed by atoms with E-state index in [1.54, 1.807) is 11.8 Å². The van der Waals surface area contributed by atoms with Crippen molar-refractivity contribution < 1.29 is 14.3 Å². The van der Waals surface area contributed by atoms with Gasteiger partial charge < -0.3 is 9.64 Å². The van der Waals surface area contributed by atoms with Gasteiger partial charge in [-0.1, -0.05) is 48.0 Å². The molecular formula is C20H21NO3. The number of carbonyl (C=O) groups excluding carboxylic acids is 2. The highest BCUT2D eigenvalue weighted by Crippen LogP contribution is 2.38. The zero-order chi connectivity index (χ0) is 17.1. The first-order valence-electron chi connectivity index (χ1n) is 8.21. The summed E-state index contributed by atoms with van der Waals surface area (Å²) in [6.07, 6.45) is 0.155. The molecule has 0 saturated carbocycles. The Morgan fingerprint density at radius 1 is 1.21 bits per heavy atom. The highest BCUT2D eigenvalue weighted by molar-refractivity contribution is 6.01. The summed E-state index contributed by atoms with van der Waals surface area (Å²) >= 11 is 0. The van der Waals surface area contributed by atoms with Gasteiger partial charge in [0.1, 0.15) is 0 Å². The molecule has 1 aliphatic rings. The average molecular weight is 323 g/mol. The molecule has 0 aliphatic carbocycles. The SMILES string of the molecule is CCOC(=O)[C@H]1CC(=O)N(Cc2ccccc2)c2ccc(C)cc21. The summed E-state index contributed by atoms with van der Waals surface area (Å²) in [5, 5.41) is 0. The molecule has 0 fully saturated rings. The maximum absolute atomic E-state index is 12.7. The standard InChI is InChI=1S/C20H21NO3/c1-3-24-20(23)17-12-19(22)21(13-15-7-5-4-6-8-15)18-10-9-14(2)11-16(17)18/h4-11,17H,3,12-13H2,1-2H3/t17-/m0/s1. The van der Waals surface area contributed by atoms with E-state index in [1.165, 1.54) is 0 Å². The molecule has 3 rings (SSSR count). The lowest BCUT2D eigenvalue weighted by molar-refractivity contribution is -0.146. The third-order valence-electron chi connectivity index (χ3n) is 4.28. The van der Waals surface area contributed by atoms with Crippen molar-refractivity contribution in [3.05, 3.63) is 65.2 Å². The number of amides is 1. The number of ether oxygens (including phenoxy) is 1. The van der Waals surface area contributed by atoms with Crippen LogP contribution >= 0.6 is 0 Å². The Hall–Kier alpha value is -2.62. The van der Waals surface area contributed by atoms with Crippen LogP contribution in [-0.4, -0.2) is 18.5 Å². The van der Waals surface area contributed by atoms with E-state index in [-0.39, 0.29) is 18.3 Å². The molecule has 124 valence electrons.